The van der Waals surface area contributed by atoms with Gasteiger partial charge in [-0.15, -0.1) is 0 Å². The number of halogens is 6. The van der Waals surface area contributed by atoms with E-state index < -0.39 is 46.9 Å². The first-order chi connectivity index (χ1) is 12.4. The van der Waals surface area contributed by atoms with Gasteiger partial charge in [-0.1, -0.05) is 0 Å². The fourth-order valence-electron chi connectivity index (χ4n) is 2.86. The number of anilines is 1. The average Bonchev–Trinajstić information content (AvgIpc) is 2.57. The lowest BCUT2D eigenvalue weighted by molar-refractivity contribution is -0.384. The summed E-state index contributed by atoms with van der Waals surface area (Å²) in [5.74, 6) is -1.71. The molecule has 2 rings (SSSR count). The molecule has 27 heavy (non-hydrogen) atoms. The van der Waals surface area contributed by atoms with Crippen LogP contribution in [0.4, 0.5) is 37.7 Å². The molecule has 1 unspecified atom stereocenters. The highest BCUT2D eigenvalue weighted by molar-refractivity contribution is 5.80. The van der Waals surface area contributed by atoms with E-state index in [1.807, 2.05) is 0 Å². The third kappa shape index (κ3) is 5.47. The summed E-state index contributed by atoms with van der Waals surface area (Å²) in [6, 6.07) is 2.04. The van der Waals surface area contributed by atoms with Crippen LogP contribution in [-0.2, 0) is 11.0 Å². The summed E-state index contributed by atoms with van der Waals surface area (Å²) >= 11 is 0. The number of nitrogens with one attached hydrogen (secondary N) is 1. The summed E-state index contributed by atoms with van der Waals surface area (Å²) in [6.45, 7) is -1.39. The minimum atomic E-state index is -4.76. The van der Waals surface area contributed by atoms with Crippen molar-refractivity contribution in [2.24, 2.45) is 5.92 Å². The van der Waals surface area contributed by atoms with Crippen LogP contribution < -0.4 is 10.2 Å². The van der Waals surface area contributed by atoms with Crippen molar-refractivity contribution in [3.8, 4) is 0 Å². The fraction of sp³-hybridized carbons (Fsp3) is 0.533. The Morgan fingerprint density at radius 1 is 1.26 bits per heavy atom. The zero-order valence-corrected chi connectivity index (χ0v) is 13.7. The molecule has 1 heterocycles. The second-order valence-electron chi connectivity index (χ2n) is 6.08. The van der Waals surface area contributed by atoms with E-state index in [9.17, 15) is 41.3 Å². The highest BCUT2D eigenvalue weighted by Crippen LogP contribution is 2.37. The van der Waals surface area contributed by atoms with E-state index in [1.165, 1.54) is 4.90 Å². The number of hydrogen-bond donors (Lipinski definition) is 1. The van der Waals surface area contributed by atoms with E-state index in [0.29, 0.717) is 18.6 Å². The third-order valence-corrected chi connectivity index (χ3v) is 4.10. The van der Waals surface area contributed by atoms with Gasteiger partial charge in [0.2, 0.25) is 5.91 Å². The number of carbonyl (C=O) groups excluding carboxylic acids is 1. The Bertz CT molecular complexity index is 720. The molecule has 12 heteroatoms. The Morgan fingerprint density at radius 3 is 2.48 bits per heavy atom. The molecule has 0 radical (unpaired) electrons. The minimum absolute atomic E-state index is 0.110. The van der Waals surface area contributed by atoms with Gasteiger partial charge in [-0.3, -0.25) is 14.9 Å². The van der Waals surface area contributed by atoms with Crippen molar-refractivity contribution in [1.82, 2.24) is 5.32 Å². The van der Waals surface area contributed by atoms with Gasteiger partial charge < -0.3 is 10.2 Å². The number of amides is 1. The predicted molar refractivity (Wildman–Crippen MR) is 82.1 cm³/mol. The number of nitro groups is 1. The van der Waals surface area contributed by atoms with Crippen LogP contribution in [0.5, 0.6) is 0 Å². The van der Waals surface area contributed by atoms with Gasteiger partial charge in [-0.05, 0) is 25.0 Å². The van der Waals surface area contributed by atoms with Crippen LogP contribution >= 0.6 is 0 Å². The largest absolute Gasteiger partial charge is 0.416 e. The molecule has 1 amide bonds. The molecule has 1 aromatic rings. The Hall–Kier alpha value is -2.53. The zero-order valence-electron chi connectivity index (χ0n) is 13.7. The first-order valence-corrected chi connectivity index (χ1v) is 7.83. The molecule has 6 nitrogen and oxygen atoms in total. The van der Waals surface area contributed by atoms with Crippen molar-refractivity contribution in [3.05, 3.63) is 33.9 Å². The van der Waals surface area contributed by atoms with Crippen molar-refractivity contribution >= 4 is 17.3 Å². The fourth-order valence-corrected chi connectivity index (χ4v) is 2.86. The third-order valence-electron chi connectivity index (χ3n) is 4.10. The quantitative estimate of drug-likeness (QED) is 0.478. The van der Waals surface area contributed by atoms with Gasteiger partial charge in [0.05, 0.1) is 16.4 Å². The highest BCUT2D eigenvalue weighted by atomic mass is 19.4. The number of alkyl halides is 6. The van der Waals surface area contributed by atoms with Crippen LogP contribution in [0.15, 0.2) is 18.2 Å². The van der Waals surface area contributed by atoms with Gasteiger partial charge in [0.15, 0.2) is 0 Å². The van der Waals surface area contributed by atoms with E-state index in [1.54, 1.807) is 5.32 Å². The van der Waals surface area contributed by atoms with Crippen LogP contribution in [0.2, 0.25) is 0 Å². The molecule has 0 bridgehead atoms. The summed E-state index contributed by atoms with van der Waals surface area (Å²) < 4.78 is 74.9. The molecule has 1 fully saturated rings. The summed E-state index contributed by atoms with van der Waals surface area (Å²) in [5, 5.41) is 12.9. The lowest BCUT2D eigenvalue weighted by Gasteiger charge is -2.33. The first kappa shape index (κ1) is 20.8. The van der Waals surface area contributed by atoms with Crippen molar-refractivity contribution in [3.63, 3.8) is 0 Å². The summed E-state index contributed by atoms with van der Waals surface area (Å²) in [4.78, 5) is 23.5. The first-order valence-electron chi connectivity index (χ1n) is 7.83. The van der Waals surface area contributed by atoms with Crippen LogP contribution in [0, 0.1) is 16.0 Å². The molecule has 1 aliphatic heterocycles. The predicted octanol–water partition coefficient (Wildman–Crippen LogP) is 3.51. The molecule has 0 aromatic heterocycles. The second-order valence-corrected chi connectivity index (χ2v) is 6.08. The van der Waals surface area contributed by atoms with Crippen LogP contribution in [0.25, 0.3) is 0 Å². The van der Waals surface area contributed by atoms with Crippen molar-refractivity contribution in [2.75, 3.05) is 24.5 Å². The Labute approximate surface area is 149 Å². The molecule has 0 spiro atoms. The SMILES string of the molecule is O=C(NCC(F)(F)F)C1CCCN(c2ccc(C(F)(F)F)cc2[N+](=O)[O-])C1. The van der Waals surface area contributed by atoms with E-state index in [2.05, 4.69) is 0 Å². The topological polar surface area (TPSA) is 75.5 Å². The van der Waals surface area contributed by atoms with Gasteiger partial charge in [0.25, 0.3) is 5.69 Å². The molecule has 1 N–H and O–H groups in total. The molecule has 150 valence electrons. The number of hydrogen-bond acceptors (Lipinski definition) is 4. The van der Waals surface area contributed by atoms with E-state index in [0.717, 1.165) is 6.07 Å². The van der Waals surface area contributed by atoms with Crippen LogP contribution in [-0.4, -0.2) is 36.6 Å². The molecule has 1 saturated heterocycles. The molecule has 0 aliphatic carbocycles. The van der Waals surface area contributed by atoms with Gasteiger partial charge in [0, 0.05) is 19.2 Å². The lowest BCUT2D eigenvalue weighted by Crippen LogP contribution is -2.45. The Morgan fingerprint density at radius 2 is 1.93 bits per heavy atom. The van der Waals surface area contributed by atoms with E-state index >= 15 is 0 Å². The van der Waals surface area contributed by atoms with Gasteiger partial charge in [-0.25, -0.2) is 0 Å². The number of carbonyl (C=O) groups is 1. The Kier molecular flexibility index (Phi) is 5.85. The summed E-state index contributed by atoms with van der Waals surface area (Å²) in [7, 11) is 0. The number of benzene rings is 1. The van der Waals surface area contributed by atoms with Gasteiger partial charge in [-0.2, -0.15) is 26.3 Å². The maximum Gasteiger partial charge on any atom is 0.416 e. The highest BCUT2D eigenvalue weighted by Gasteiger charge is 2.36. The normalized spacial score (nSPS) is 18.3. The molecule has 1 atom stereocenters. The standard InChI is InChI=1S/C15H15F6N3O3/c16-14(17,18)8-22-13(25)9-2-1-5-23(7-9)11-4-3-10(15(19,20)21)6-12(11)24(26)27/h3-4,6,9H,1-2,5,7-8H2,(H,22,25). The average molecular weight is 399 g/mol. The summed E-state index contributed by atoms with van der Waals surface area (Å²) in [6.07, 6.45) is -8.71. The second kappa shape index (κ2) is 7.61. The lowest BCUT2D eigenvalue weighted by atomic mass is 9.96. The van der Waals surface area contributed by atoms with Crippen molar-refractivity contribution < 1.29 is 36.1 Å². The molecular formula is C15H15F6N3O3. The maximum atomic E-state index is 12.8. The number of nitrogens with zero attached hydrogens (tertiary/aromatic N) is 2. The number of nitro benzene ring substituents is 1. The molecule has 1 aliphatic rings. The van der Waals surface area contributed by atoms with Crippen LogP contribution in [0.3, 0.4) is 0 Å². The zero-order chi connectivity index (χ0) is 20.4. The van der Waals surface area contributed by atoms with Crippen molar-refractivity contribution in [2.45, 2.75) is 25.2 Å². The number of rotatable bonds is 4. The smallest absolute Gasteiger partial charge is 0.365 e. The van der Waals surface area contributed by atoms with Gasteiger partial charge in [0.1, 0.15) is 12.2 Å². The Balaban J connectivity index is 2.20. The molecular weight excluding hydrogens is 384 g/mol. The maximum absolute atomic E-state index is 12.8. The molecule has 0 saturated carbocycles. The molecule has 1 aromatic carbocycles. The van der Waals surface area contributed by atoms with E-state index in [-0.39, 0.29) is 25.2 Å². The number of piperidine rings is 1. The van der Waals surface area contributed by atoms with Crippen LogP contribution in [0.1, 0.15) is 18.4 Å². The monoisotopic (exact) mass is 399 g/mol. The van der Waals surface area contributed by atoms with Gasteiger partial charge >= 0.3 is 12.4 Å². The minimum Gasteiger partial charge on any atom is -0.365 e. The van der Waals surface area contributed by atoms with E-state index in [4.69, 9.17) is 0 Å². The summed E-state index contributed by atoms with van der Waals surface area (Å²) in [5.41, 5.74) is -2.07. The van der Waals surface area contributed by atoms with Crippen molar-refractivity contribution in [1.29, 1.82) is 0 Å².